The summed E-state index contributed by atoms with van der Waals surface area (Å²) in [5.74, 6) is 0. The Morgan fingerprint density at radius 1 is 1.06 bits per heavy atom. The number of nitrogens with zero attached hydrogens (tertiary/aromatic N) is 3. The molecule has 0 spiro atoms. The third-order valence-corrected chi connectivity index (χ3v) is 2.34. The standard InChI is InChI=1S/C10H12N3O.2ClH.Zn/c11-12-9-1-3-10(4-2-9)13-5-7-14-8-6-13;;;/h1-4H,5-8H2;2*1H;/q+1;;;+1/p-2. The second-order valence-corrected chi connectivity index (χ2v) is 3.22. The number of diazo groups is 1. The molecule has 1 aliphatic heterocycles. The fourth-order valence-corrected chi connectivity index (χ4v) is 1.55. The summed E-state index contributed by atoms with van der Waals surface area (Å²) in [6, 6.07) is 7.51. The fourth-order valence-electron chi connectivity index (χ4n) is 1.55. The maximum atomic E-state index is 8.53. The summed E-state index contributed by atoms with van der Waals surface area (Å²) in [7, 11) is 0. The first-order chi connectivity index (χ1) is 6.90. The van der Waals surface area contributed by atoms with Crippen molar-refractivity contribution >= 4 is 11.4 Å². The van der Waals surface area contributed by atoms with E-state index in [4.69, 9.17) is 10.1 Å². The van der Waals surface area contributed by atoms with Crippen LogP contribution < -0.4 is 29.7 Å². The van der Waals surface area contributed by atoms with E-state index in [2.05, 4.69) is 9.88 Å². The van der Waals surface area contributed by atoms with E-state index in [-0.39, 0.29) is 44.3 Å². The van der Waals surface area contributed by atoms with Crippen molar-refractivity contribution in [1.82, 2.24) is 0 Å². The van der Waals surface area contributed by atoms with E-state index in [9.17, 15) is 0 Å². The molecular formula is C10H12Cl2N3OZn. The molecular weight excluding hydrogens is 314 g/mol. The molecule has 0 amide bonds. The molecule has 0 saturated carbocycles. The van der Waals surface area contributed by atoms with Gasteiger partial charge in [-0.1, -0.05) is 0 Å². The quantitative estimate of drug-likeness (QED) is 0.390. The van der Waals surface area contributed by atoms with Crippen molar-refractivity contribution in [3.05, 3.63) is 29.2 Å². The van der Waals surface area contributed by atoms with Crippen LogP contribution in [0.5, 0.6) is 0 Å². The molecule has 0 aromatic heterocycles. The van der Waals surface area contributed by atoms with Gasteiger partial charge < -0.3 is 34.5 Å². The van der Waals surface area contributed by atoms with Gasteiger partial charge in [0, 0.05) is 30.9 Å². The molecule has 1 fully saturated rings. The second kappa shape index (κ2) is 9.61. The Hall–Kier alpha value is -0.397. The van der Waals surface area contributed by atoms with Gasteiger partial charge in [0.15, 0.2) is 4.98 Å². The number of ether oxygens (including phenoxy) is 1. The Morgan fingerprint density at radius 2 is 1.59 bits per heavy atom. The van der Waals surface area contributed by atoms with Gasteiger partial charge >= 0.3 is 25.2 Å². The number of benzene rings is 1. The van der Waals surface area contributed by atoms with Crippen molar-refractivity contribution in [1.29, 1.82) is 5.39 Å². The zero-order valence-electron chi connectivity index (χ0n) is 9.35. The van der Waals surface area contributed by atoms with E-state index in [1.165, 1.54) is 0 Å². The van der Waals surface area contributed by atoms with Crippen LogP contribution in [0.4, 0.5) is 11.4 Å². The molecule has 0 unspecified atom stereocenters. The van der Waals surface area contributed by atoms with Gasteiger partial charge in [-0.3, -0.25) is 0 Å². The maximum absolute atomic E-state index is 8.53. The van der Waals surface area contributed by atoms with E-state index in [1.807, 2.05) is 12.1 Å². The molecule has 17 heavy (non-hydrogen) atoms. The number of halogens is 2. The van der Waals surface area contributed by atoms with Crippen LogP contribution in [0.1, 0.15) is 0 Å². The number of rotatable bonds is 1. The van der Waals surface area contributed by atoms with Crippen LogP contribution in [-0.2, 0) is 24.2 Å². The Labute approximate surface area is 126 Å². The van der Waals surface area contributed by atoms with Gasteiger partial charge in [-0.25, -0.2) is 0 Å². The van der Waals surface area contributed by atoms with Gasteiger partial charge in [0.1, 0.15) is 0 Å². The molecule has 0 N–H and O–H groups in total. The summed E-state index contributed by atoms with van der Waals surface area (Å²) >= 11 is 0. The third-order valence-electron chi connectivity index (χ3n) is 2.34. The van der Waals surface area contributed by atoms with Crippen molar-refractivity contribution < 1.29 is 49.0 Å². The van der Waals surface area contributed by atoms with Crippen LogP contribution in [0.15, 0.2) is 24.3 Å². The molecule has 1 aromatic carbocycles. The van der Waals surface area contributed by atoms with E-state index in [0.29, 0.717) is 5.69 Å². The van der Waals surface area contributed by atoms with E-state index in [0.717, 1.165) is 32.0 Å². The van der Waals surface area contributed by atoms with E-state index >= 15 is 0 Å². The predicted octanol–water partition coefficient (Wildman–Crippen LogP) is -3.99. The molecule has 1 saturated heterocycles. The largest absolute Gasteiger partial charge is 1.00 e. The molecule has 0 aliphatic carbocycles. The summed E-state index contributed by atoms with van der Waals surface area (Å²) in [5.41, 5.74) is 1.74. The van der Waals surface area contributed by atoms with Gasteiger partial charge in [-0.05, 0) is 12.1 Å². The Kier molecular flexibility index (Phi) is 10.7. The van der Waals surface area contributed by atoms with E-state index < -0.39 is 0 Å². The van der Waals surface area contributed by atoms with Crippen LogP contribution in [0.25, 0.3) is 4.98 Å². The molecule has 1 heterocycles. The van der Waals surface area contributed by atoms with Gasteiger partial charge in [0.25, 0.3) is 0 Å². The van der Waals surface area contributed by atoms with Crippen LogP contribution >= 0.6 is 0 Å². The van der Waals surface area contributed by atoms with Gasteiger partial charge in [0.2, 0.25) is 5.39 Å². The van der Waals surface area contributed by atoms with Crippen molar-refractivity contribution in [2.75, 3.05) is 31.2 Å². The van der Waals surface area contributed by atoms with Gasteiger partial charge in [-0.15, -0.1) is 0 Å². The average molecular weight is 327 g/mol. The molecule has 89 valence electrons. The summed E-state index contributed by atoms with van der Waals surface area (Å²) in [5, 5.41) is 8.53. The first-order valence-corrected chi connectivity index (χ1v) is 4.68. The van der Waals surface area contributed by atoms with Crippen LogP contribution in [0.2, 0.25) is 0 Å². The number of anilines is 1. The summed E-state index contributed by atoms with van der Waals surface area (Å²) in [6.07, 6.45) is 0. The minimum absolute atomic E-state index is 0. The molecule has 1 radical (unpaired) electrons. The molecule has 2 rings (SSSR count). The van der Waals surface area contributed by atoms with Crippen molar-refractivity contribution in [3.63, 3.8) is 0 Å². The van der Waals surface area contributed by atoms with Crippen molar-refractivity contribution in [3.8, 4) is 0 Å². The Balaban J connectivity index is 0. The summed E-state index contributed by atoms with van der Waals surface area (Å²) in [4.78, 5) is 5.37. The smallest absolute Gasteiger partial charge is 1.00 e. The van der Waals surface area contributed by atoms with E-state index in [1.54, 1.807) is 12.1 Å². The van der Waals surface area contributed by atoms with Crippen LogP contribution in [-0.4, -0.2) is 26.3 Å². The first kappa shape index (κ1) is 19.0. The van der Waals surface area contributed by atoms with Crippen LogP contribution in [0.3, 0.4) is 0 Å². The minimum Gasteiger partial charge on any atom is -1.00 e. The van der Waals surface area contributed by atoms with Crippen molar-refractivity contribution in [2.45, 2.75) is 0 Å². The maximum Gasteiger partial charge on any atom is 1.00 e. The second-order valence-electron chi connectivity index (χ2n) is 3.22. The molecule has 1 aromatic rings. The Morgan fingerprint density at radius 3 is 2.06 bits per heavy atom. The number of hydrogen-bond donors (Lipinski definition) is 0. The van der Waals surface area contributed by atoms with Gasteiger partial charge in [-0.2, -0.15) is 0 Å². The molecule has 7 heteroatoms. The first-order valence-electron chi connectivity index (χ1n) is 4.68. The Bertz CT molecular complexity index is 350. The normalized spacial score (nSPS) is 13.5. The topological polar surface area (TPSA) is 40.6 Å². The molecule has 0 atom stereocenters. The summed E-state index contributed by atoms with van der Waals surface area (Å²) < 4.78 is 5.27. The predicted molar refractivity (Wildman–Crippen MR) is 54.2 cm³/mol. The number of morpholine rings is 1. The molecule has 1 aliphatic rings. The minimum atomic E-state index is 0. The summed E-state index contributed by atoms with van der Waals surface area (Å²) in [6.45, 7) is 3.42. The monoisotopic (exact) mass is 324 g/mol. The zero-order chi connectivity index (χ0) is 9.80. The van der Waals surface area contributed by atoms with Gasteiger partial charge in [0.05, 0.1) is 13.2 Å². The SMILES string of the molecule is N#[N+]c1ccc(N2CCOCC2)cc1.[Cl-].[Cl-].[Zn+]. The zero-order valence-corrected chi connectivity index (χ0v) is 13.8. The molecule has 0 bridgehead atoms. The van der Waals surface area contributed by atoms with Crippen LogP contribution in [0, 0.1) is 5.39 Å². The third kappa shape index (κ3) is 5.18. The van der Waals surface area contributed by atoms with Crippen molar-refractivity contribution in [2.24, 2.45) is 0 Å². The average Bonchev–Trinajstić information content (AvgIpc) is 2.30. The fraction of sp³-hybridized carbons (Fsp3) is 0.400. The number of hydrogen-bond acceptors (Lipinski definition) is 3. The molecule has 4 nitrogen and oxygen atoms in total.